The van der Waals surface area contributed by atoms with E-state index in [1.54, 1.807) is 26.4 Å². The summed E-state index contributed by atoms with van der Waals surface area (Å²) >= 11 is 0. The van der Waals surface area contributed by atoms with Gasteiger partial charge in [0.1, 0.15) is 0 Å². The summed E-state index contributed by atoms with van der Waals surface area (Å²) in [7, 11) is 3.19. The highest BCUT2D eigenvalue weighted by atomic mass is 16.7. The number of nitrogens with zero attached hydrogens (tertiary/aromatic N) is 1. The monoisotopic (exact) mass is 347 g/mol. The third-order valence-electron chi connectivity index (χ3n) is 4.62. The molecule has 1 amide bonds. The van der Waals surface area contributed by atoms with Crippen LogP contribution in [-0.2, 0) is 14.3 Å². The van der Waals surface area contributed by atoms with Crippen LogP contribution in [0.15, 0.2) is 24.3 Å². The van der Waals surface area contributed by atoms with Gasteiger partial charge >= 0.3 is 0 Å². The zero-order valence-electron chi connectivity index (χ0n) is 14.8. The van der Waals surface area contributed by atoms with Crippen molar-refractivity contribution in [2.75, 3.05) is 34.0 Å². The number of ether oxygens (including phenoxy) is 4. The van der Waals surface area contributed by atoms with Crippen LogP contribution in [0.1, 0.15) is 24.8 Å². The number of piperidine rings is 1. The van der Waals surface area contributed by atoms with Crippen molar-refractivity contribution in [3.05, 3.63) is 29.8 Å². The molecule has 2 saturated heterocycles. The van der Waals surface area contributed by atoms with Crippen LogP contribution < -0.4 is 9.47 Å². The van der Waals surface area contributed by atoms with Gasteiger partial charge in [0.2, 0.25) is 5.91 Å². The van der Waals surface area contributed by atoms with E-state index >= 15 is 0 Å². The van der Waals surface area contributed by atoms with Crippen LogP contribution in [0.4, 0.5) is 0 Å². The summed E-state index contributed by atoms with van der Waals surface area (Å²) < 4.78 is 21.8. The summed E-state index contributed by atoms with van der Waals surface area (Å²) in [6, 6.07) is 5.56. The molecule has 2 fully saturated rings. The van der Waals surface area contributed by atoms with Crippen LogP contribution in [0.5, 0.6) is 11.5 Å². The molecule has 0 spiro atoms. The van der Waals surface area contributed by atoms with Crippen molar-refractivity contribution in [1.82, 2.24) is 4.90 Å². The Kier molecular flexibility index (Phi) is 5.94. The Hall–Kier alpha value is -2.05. The highest BCUT2D eigenvalue weighted by Gasteiger charge is 2.35. The number of amides is 1. The van der Waals surface area contributed by atoms with Crippen molar-refractivity contribution in [2.45, 2.75) is 31.6 Å². The van der Waals surface area contributed by atoms with E-state index in [-0.39, 0.29) is 18.2 Å². The predicted molar refractivity (Wildman–Crippen MR) is 93.6 cm³/mol. The number of methoxy groups -OCH3 is 2. The predicted octanol–water partition coefficient (Wildman–Crippen LogP) is 2.47. The fraction of sp³-hybridized carbons (Fsp3) is 0.526. The van der Waals surface area contributed by atoms with Crippen molar-refractivity contribution < 1.29 is 23.7 Å². The zero-order valence-corrected chi connectivity index (χ0v) is 14.8. The molecule has 0 N–H and O–H groups in total. The molecule has 2 heterocycles. The van der Waals surface area contributed by atoms with Gasteiger partial charge in [-0.15, -0.1) is 0 Å². The Morgan fingerprint density at radius 1 is 1.16 bits per heavy atom. The molecule has 0 bridgehead atoms. The van der Waals surface area contributed by atoms with E-state index in [1.165, 1.54) is 0 Å². The summed E-state index contributed by atoms with van der Waals surface area (Å²) in [4.78, 5) is 14.6. The first-order chi connectivity index (χ1) is 12.2. The molecule has 1 aromatic carbocycles. The number of benzene rings is 1. The highest BCUT2D eigenvalue weighted by molar-refractivity contribution is 5.92. The zero-order chi connectivity index (χ0) is 17.6. The normalized spacial score (nSPS) is 21.7. The van der Waals surface area contributed by atoms with Gasteiger partial charge in [0.25, 0.3) is 0 Å². The molecule has 6 heteroatoms. The maximum absolute atomic E-state index is 12.7. The van der Waals surface area contributed by atoms with Crippen LogP contribution in [0.3, 0.4) is 0 Å². The number of rotatable bonds is 5. The van der Waals surface area contributed by atoms with Gasteiger partial charge in [-0.05, 0) is 43.0 Å². The molecule has 2 aliphatic rings. The van der Waals surface area contributed by atoms with Crippen molar-refractivity contribution in [3.8, 4) is 11.5 Å². The molecule has 25 heavy (non-hydrogen) atoms. The van der Waals surface area contributed by atoms with E-state index in [0.717, 1.165) is 31.4 Å². The van der Waals surface area contributed by atoms with Gasteiger partial charge in [0.05, 0.1) is 33.5 Å². The minimum Gasteiger partial charge on any atom is -0.493 e. The molecule has 0 aromatic heterocycles. The average Bonchev–Trinajstić information content (AvgIpc) is 3.20. The molecule has 0 radical (unpaired) electrons. The maximum atomic E-state index is 12.7. The summed E-state index contributed by atoms with van der Waals surface area (Å²) in [5.74, 6) is 1.29. The van der Waals surface area contributed by atoms with Gasteiger partial charge in [-0.3, -0.25) is 4.79 Å². The van der Waals surface area contributed by atoms with Gasteiger partial charge in [0.15, 0.2) is 17.8 Å². The lowest BCUT2D eigenvalue weighted by molar-refractivity contribution is -0.145. The van der Waals surface area contributed by atoms with Crippen LogP contribution in [0.2, 0.25) is 0 Å². The molecule has 1 atom stereocenters. The summed E-state index contributed by atoms with van der Waals surface area (Å²) in [5.41, 5.74) is 0.882. The van der Waals surface area contributed by atoms with Crippen LogP contribution >= 0.6 is 0 Å². The van der Waals surface area contributed by atoms with Crippen molar-refractivity contribution >= 4 is 12.0 Å². The molecular formula is C19H25NO5. The lowest BCUT2D eigenvalue weighted by atomic mass is 10.0. The molecule has 0 unspecified atom stereocenters. The Morgan fingerprint density at radius 2 is 1.92 bits per heavy atom. The van der Waals surface area contributed by atoms with E-state index in [2.05, 4.69) is 0 Å². The molecule has 136 valence electrons. The highest BCUT2D eigenvalue weighted by Crippen LogP contribution is 2.28. The molecule has 0 saturated carbocycles. The standard InChI is InChI=1S/C19H25NO5/c1-22-16-8-6-14(13-17(16)23-2)7-9-18(21)20-10-4-3-5-15(20)19-24-11-12-25-19/h6-9,13,15,19H,3-5,10-12H2,1-2H3/b9-7-/t15-/m0/s1. The fourth-order valence-corrected chi connectivity index (χ4v) is 3.33. The van der Waals surface area contributed by atoms with Gasteiger partial charge in [-0.1, -0.05) is 6.07 Å². The summed E-state index contributed by atoms with van der Waals surface area (Å²) in [6.07, 6.45) is 6.14. The Balaban J connectivity index is 1.70. The topological polar surface area (TPSA) is 57.2 Å². The average molecular weight is 347 g/mol. The van der Waals surface area contributed by atoms with Gasteiger partial charge in [-0.2, -0.15) is 0 Å². The number of hydrogen-bond acceptors (Lipinski definition) is 5. The lowest BCUT2D eigenvalue weighted by Crippen LogP contribution is -2.49. The van der Waals surface area contributed by atoms with E-state index in [1.807, 2.05) is 23.1 Å². The third kappa shape index (κ3) is 4.14. The van der Waals surface area contributed by atoms with Crippen molar-refractivity contribution in [1.29, 1.82) is 0 Å². The lowest BCUT2D eigenvalue weighted by Gasteiger charge is -2.37. The van der Waals surface area contributed by atoms with E-state index < -0.39 is 0 Å². The van der Waals surface area contributed by atoms with Gasteiger partial charge < -0.3 is 23.8 Å². The van der Waals surface area contributed by atoms with E-state index in [4.69, 9.17) is 18.9 Å². The summed E-state index contributed by atoms with van der Waals surface area (Å²) in [5, 5.41) is 0. The van der Waals surface area contributed by atoms with Gasteiger partial charge in [-0.25, -0.2) is 0 Å². The first-order valence-corrected chi connectivity index (χ1v) is 8.67. The SMILES string of the molecule is COc1ccc(/C=C\C(=O)N2CCCC[C@H]2C2OCCO2)cc1OC. The molecule has 0 aliphatic carbocycles. The largest absolute Gasteiger partial charge is 0.493 e. The Labute approximate surface area is 148 Å². The number of likely N-dealkylation sites (tertiary alicyclic amines) is 1. The number of hydrogen-bond donors (Lipinski definition) is 0. The smallest absolute Gasteiger partial charge is 0.246 e. The minimum atomic E-state index is -0.293. The Bertz CT molecular complexity index is 624. The molecular weight excluding hydrogens is 322 g/mol. The molecule has 3 rings (SSSR count). The second-order valence-corrected chi connectivity index (χ2v) is 6.15. The second-order valence-electron chi connectivity index (χ2n) is 6.15. The second kappa shape index (κ2) is 8.36. The summed E-state index contributed by atoms with van der Waals surface area (Å²) in [6.45, 7) is 1.94. The molecule has 1 aromatic rings. The fourth-order valence-electron chi connectivity index (χ4n) is 3.33. The first-order valence-electron chi connectivity index (χ1n) is 8.67. The maximum Gasteiger partial charge on any atom is 0.246 e. The number of carbonyl (C=O) groups excluding carboxylic acids is 1. The first kappa shape index (κ1) is 17.8. The number of carbonyl (C=O) groups is 1. The van der Waals surface area contributed by atoms with Crippen LogP contribution in [0.25, 0.3) is 6.08 Å². The van der Waals surface area contributed by atoms with Crippen LogP contribution in [-0.4, -0.2) is 57.1 Å². The molecule has 6 nitrogen and oxygen atoms in total. The van der Waals surface area contributed by atoms with E-state index in [9.17, 15) is 4.79 Å². The van der Waals surface area contributed by atoms with Gasteiger partial charge in [0, 0.05) is 12.6 Å². The molecule has 2 aliphatic heterocycles. The van der Waals surface area contributed by atoms with E-state index in [0.29, 0.717) is 24.7 Å². The third-order valence-corrected chi connectivity index (χ3v) is 4.62. The van der Waals surface area contributed by atoms with Crippen molar-refractivity contribution in [3.63, 3.8) is 0 Å². The minimum absolute atomic E-state index is 0.00111. The van der Waals surface area contributed by atoms with Crippen molar-refractivity contribution in [2.24, 2.45) is 0 Å². The Morgan fingerprint density at radius 3 is 2.64 bits per heavy atom. The van der Waals surface area contributed by atoms with Crippen LogP contribution in [0, 0.1) is 0 Å². The quantitative estimate of drug-likeness (QED) is 0.766.